The minimum Gasteiger partial charge on any atom is -0.300 e. The zero-order valence-corrected chi connectivity index (χ0v) is 11.6. The van der Waals surface area contributed by atoms with Crippen molar-refractivity contribution in [3.63, 3.8) is 0 Å². The normalized spacial score (nSPS) is 35.3. The van der Waals surface area contributed by atoms with E-state index in [1.807, 2.05) is 0 Å². The molecule has 88 valence electrons. The van der Waals surface area contributed by atoms with Gasteiger partial charge in [0.25, 0.3) is 0 Å². The third kappa shape index (κ3) is 3.25. The Morgan fingerprint density at radius 1 is 1.40 bits per heavy atom. The highest BCUT2D eigenvalue weighted by atomic mass is 79.9. The number of rotatable bonds is 3. The predicted molar refractivity (Wildman–Crippen MR) is 68.1 cm³/mol. The summed E-state index contributed by atoms with van der Waals surface area (Å²) in [7, 11) is -0.645. The van der Waals surface area contributed by atoms with E-state index in [0.717, 1.165) is 24.9 Å². The van der Waals surface area contributed by atoms with Gasteiger partial charge in [0, 0.05) is 66.4 Å². The van der Waals surface area contributed by atoms with Gasteiger partial charge in [0.1, 0.15) is 0 Å². The van der Waals surface area contributed by atoms with E-state index >= 15 is 0 Å². The van der Waals surface area contributed by atoms with Gasteiger partial charge in [-0.15, -0.1) is 0 Å². The monoisotopic (exact) mass is 294 g/mol. The Bertz CT molecular complexity index is 252. The number of hydrogen-bond acceptors (Lipinski definition) is 3. The highest BCUT2D eigenvalue weighted by molar-refractivity contribution is 9.09. The van der Waals surface area contributed by atoms with Crippen LogP contribution in [-0.2, 0) is 10.8 Å². The maximum Gasteiger partial charge on any atom is 0.0359 e. The molecule has 0 amide bonds. The molecule has 0 aromatic heterocycles. The van der Waals surface area contributed by atoms with Crippen LogP contribution in [0, 0.1) is 0 Å². The van der Waals surface area contributed by atoms with E-state index < -0.39 is 10.8 Å². The molecule has 2 fully saturated rings. The lowest BCUT2D eigenvalue weighted by molar-refractivity contribution is 0.110. The van der Waals surface area contributed by atoms with Crippen molar-refractivity contribution in [3.05, 3.63) is 0 Å². The van der Waals surface area contributed by atoms with Crippen LogP contribution in [0.25, 0.3) is 0 Å². The third-order valence-corrected chi connectivity index (χ3v) is 4.77. The maximum absolute atomic E-state index is 11.0. The summed E-state index contributed by atoms with van der Waals surface area (Å²) in [6.45, 7) is 5.70. The summed E-state index contributed by atoms with van der Waals surface area (Å²) in [4.78, 5) is 5.73. The molecule has 0 radical (unpaired) electrons. The largest absolute Gasteiger partial charge is 0.300 e. The van der Waals surface area contributed by atoms with Crippen LogP contribution in [-0.4, -0.2) is 69.6 Å². The second-order valence-electron chi connectivity index (χ2n) is 4.56. The van der Waals surface area contributed by atoms with Crippen molar-refractivity contribution in [2.24, 2.45) is 0 Å². The zero-order chi connectivity index (χ0) is 10.8. The fourth-order valence-electron chi connectivity index (χ4n) is 2.51. The molecule has 0 spiro atoms. The number of nitrogens with zero attached hydrogens (tertiary/aromatic N) is 2. The molecular weight excluding hydrogens is 276 g/mol. The van der Waals surface area contributed by atoms with E-state index in [1.54, 1.807) is 6.26 Å². The minimum absolute atomic E-state index is 0.645. The molecule has 2 aliphatic heterocycles. The Balaban J connectivity index is 1.79. The van der Waals surface area contributed by atoms with Gasteiger partial charge < -0.3 is 0 Å². The van der Waals surface area contributed by atoms with Crippen molar-refractivity contribution in [1.29, 1.82) is 0 Å². The van der Waals surface area contributed by atoms with E-state index in [-0.39, 0.29) is 0 Å². The molecule has 0 bridgehead atoms. The summed E-state index contributed by atoms with van der Waals surface area (Å²) < 4.78 is 11.0. The number of piperazine rings is 1. The van der Waals surface area contributed by atoms with E-state index in [4.69, 9.17) is 0 Å². The lowest BCUT2D eigenvalue weighted by atomic mass is 10.1. The first-order valence-corrected chi connectivity index (χ1v) is 8.20. The molecule has 2 rings (SSSR count). The van der Waals surface area contributed by atoms with E-state index in [0.29, 0.717) is 4.83 Å². The summed E-state index contributed by atoms with van der Waals surface area (Å²) in [6.07, 6.45) is 3.06. The predicted octanol–water partition coefficient (Wildman–Crippen LogP) is 0.518. The Labute approximate surface area is 103 Å². The van der Waals surface area contributed by atoms with Crippen LogP contribution in [0.5, 0.6) is 0 Å². The van der Waals surface area contributed by atoms with Crippen molar-refractivity contribution >= 4 is 26.7 Å². The summed E-state index contributed by atoms with van der Waals surface area (Å²) in [5.41, 5.74) is 0. The molecule has 3 unspecified atom stereocenters. The Kier molecular flexibility index (Phi) is 4.21. The van der Waals surface area contributed by atoms with Gasteiger partial charge >= 0.3 is 0 Å². The number of halogens is 1. The molecule has 3 atom stereocenters. The summed E-state index contributed by atoms with van der Waals surface area (Å²) in [5, 5.41) is 0. The van der Waals surface area contributed by atoms with Crippen molar-refractivity contribution in [2.45, 2.75) is 17.3 Å². The Morgan fingerprint density at radius 2 is 2.20 bits per heavy atom. The lowest BCUT2D eigenvalue weighted by Gasteiger charge is -2.37. The molecule has 3 nitrogen and oxygen atoms in total. The van der Waals surface area contributed by atoms with Crippen LogP contribution in [0.2, 0.25) is 0 Å². The van der Waals surface area contributed by atoms with Crippen LogP contribution in [0.15, 0.2) is 0 Å². The fourth-order valence-corrected chi connectivity index (χ4v) is 3.82. The molecule has 2 heterocycles. The van der Waals surface area contributed by atoms with Gasteiger partial charge in [0.15, 0.2) is 0 Å². The first-order chi connectivity index (χ1) is 7.15. The SMILES string of the molecule is CS(=O)CCN1CCN2CC(Br)CC2C1. The second kappa shape index (κ2) is 5.25. The molecule has 0 aliphatic carbocycles. The average Bonchev–Trinajstić information content (AvgIpc) is 2.53. The first-order valence-electron chi connectivity index (χ1n) is 5.55. The molecule has 15 heavy (non-hydrogen) atoms. The summed E-state index contributed by atoms with van der Waals surface area (Å²) in [6, 6.07) is 0.730. The standard InChI is InChI=1S/C10H19BrN2OS/c1-15(14)5-4-12-2-3-13-7-9(11)6-10(13)8-12/h9-10H,2-8H2,1H3. The maximum atomic E-state index is 11.0. The van der Waals surface area contributed by atoms with Crippen molar-refractivity contribution in [2.75, 3.05) is 44.7 Å². The summed E-state index contributed by atoms with van der Waals surface area (Å²) >= 11 is 3.70. The van der Waals surface area contributed by atoms with E-state index in [1.165, 1.54) is 26.1 Å². The smallest absolute Gasteiger partial charge is 0.0359 e. The van der Waals surface area contributed by atoms with Gasteiger partial charge in [-0.05, 0) is 6.42 Å². The van der Waals surface area contributed by atoms with Crippen molar-refractivity contribution in [3.8, 4) is 0 Å². The van der Waals surface area contributed by atoms with E-state index in [9.17, 15) is 4.21 Å². The van der Waals surface area contributed by atoms with Crippen LogP contribution in [0.1, 0.15) is 6.42 Å². The van der Waals surface area contributed by atoms with Gasteiger partial charge in [-0.3, -0.25) is 14.0 Å². The third-order valence-electron chi connectivity index (χ3n) is 3.34. The number of alkyl halides is 1. The molecular formula is C10H19BrN2OS. The van der Waals surface area contributed by atoms with Gasteiger partial charge in [-0.25, -0.2) is 0 Å². The molecule has 0 saturated carbocycles. The van der Waals surface area contributed by atoms with E-state index in [2.05, 4.69) is 25.7 Å². The highest BCUT2D eigenvalue weighted by Gasteiger charge is 2.34. The molecule has 5 heteroatoms. The average molecular weight is 295 g/mol. The van der Waals surface area contributed by atoms with Crippen molar-refractivity contribution in [1.82, 2.24) is 9.80 Å². The highest BCUT2D eigenvalue weighted by Crippen LogP contribution is 2.26. The Morgan fingerprint density at radius 3 is 2.93 bits per heavy atom. The van der Waals surface area contributed by atoms with Crippen molar-refractivity contribution < 1.29 is 4.21 Å². The van der Waals surface area contributed by atoms with Crippen LogP contribution >= 0.6 is 15.9 Å². The second-order valence-corrected chi connectivity index (χ2v) is 7.41. The topological polar surface area (TPSA) is 23.6 Å². The molecule has 2 saturated heterocycles. The van der Waals surface area contributed by atoms with Crippen LogP contribution < -0.4 is 0 Å². The Hall–Kier alpha value is 0.550. The van der Waals surface area contributed by atoms with Gasteiger partial charge in [-0.1, -0.05) is 15.9 Å². The molecule has 0 N–H and O–H groups in total. The number of hydrogen-bond donors (Lipinski definition) is 0. The van der Waals surface area contributed by atoms with Gasteiger partial charge in [0.2, 0.25) is 0 Å². The molecule has 2 aliphatic rings. The lowest BCUT2D eigenvalue weighted by Crippen LogP contribution is -2.50. The quantitative estimate of drug-likeness (QED) is 0.709. The number of fused-ring (bicyclic) bond motifs is 1. The first kappa shape index (κ1) is 12.0. The summed E-state index contributed by atoms with van der Waals surface area (Å²) in [5.74, 6) is 0.824. The molecule has 0 aromatic carbocycles. The van der Waals surface area contributed by atoms with Crippen LogP contribution in [0.3, 0.4) is 0 Å². The van der Waals surface area contributed by atoms with Gasteiger partial charge in [0.05, 0.1) is 0 Å². The minimum atomic E-state index is -0.645. The molecule has 0 aromatic rings. The zero-order valence-electron chi connectivity index (χ0n) is 9.19. The van der Waals surface area contributed by atoms with Gasteiger partial charge in [-0.2, -0.15) is 0 Å². The fraction of sp³-hybridized carbons (Fsp3) is 1.00. The van der Waals surface area contributed by atoms with Crippen LogP contribution in [0.4, 0.5) is 0 Å².